The van der Waals surface area contributed by atoms with Crippen LogP contribution in [0.25, 0.3) is 0 Å². The number of aromatic nitrogens is 2. The summed E-state index contributed by atoms with van der Waals surface area (Å²) in [6, 6.07) is 1.06. The van der Waals surface area contributed by atoms with Crippen LogP contribution in [0.1, 0.15) is 26.2 Å². The highest BCUT2D eigenvalue weighted by atomic mass is 79.9. The average Bonchev–Trinajstić information content (AvgIpc) is 2.98. The fourth-order valence-corrected chi connectivity index (χ4v) is 4.90. The van der Waals surface area contributed by atoms with E-state index in [1.165, 1.54) is 35.7 Å². The molecular weight excluding hydrogens is 688 g/mol. The Morgan fingerprint density at radius 1 is 0.911 bits per heavy atom. The number of carboxylic acids is 2. The second-order valence-corrected chi connectivity index (χ2v) is 11.4. The first-order valence-corrected chi connectivity index (χ1v) is 16.1. The first-order chi connectivity index (χ1) is 20.3. The molecule has 45 heavy (non-hydrogen) atoms. The molecule has 0 aliphatic heterocycles. The fraction of sp³-hybridized carbons (Fsp3) is 0.467. The number of alkyl halides is 1. The third-order valence-corrected chi connectivity index (χ3v) is 7.93. The van der Waals surface area contributed by atoms with E-state index in [-0.39, 0.29) is 32.9 Å². The number of nitrogens with one attached hydrogen (secondary N) is 1. The molecule has 0 fully saturated rings. The van der Waals surface area contributed by atoms with E-state index in [1.54, 1.807) is 35.4 Å². The molecule has 2 aromatic heterocycles. The maximum atomic E-state index is 11.2. The lowest BCUT2D eigenvalue weighted by atomic mass is 10.3. The maximum absolute atomic E-state index is 11.2. The zero-order valence-electron chi connectivity index (χ0n) is 23.9. The number of hydrogen-bond donors (Lipinski definition) is 6. The van der Waals surface area contributed by atoms with Crippen molar-refractivity contribution in [1.29, 1.82) is 0 Å². The molecule has 0 saturated carbocycles. The number of hydrogen-bond acceptors (Lipinski definition) is 10. The summed E-state index contributed by atoms with van der Waals surface area (Å²) in [7, 11) is 0. The summed E-state index contributed by atoms with van der Waals surface area (Å²) in [5.74, 6) is 4.29. The van der Waals surface area contributed by atoms with Crippen LogP contribution in [-0.2, 0) is 22.7 Å². The van der Waals surface area contributed by atoms with Crippen molar-refractivity contribution in [3.63, 3.8) is 0 Å². The number of carbonyl (C=O) groups is 2. The summed E-state index contributed by atoms with van der Waals surface area (Å²) < 4.78 is 3.50. The number of aromatic hydroxyl groups is 2. The van der Waals surface area contributed by atoms with Gasteiger partial charge in [0.1, 0.15) is 12.1 Å². The van der Waals surface area contributed by atoms with E-state index in [1.807, 2.05) is 0 Å². The van der Waals surface area contributed by atoms with E-state index < -0.39 is 34.9 Å². The number of rotatable bonds is 14. The summed E-state index contributed by atoms with van der Waals surface area (Å²) in [5, 5.41) is 40.0. The minimum absolute atomic E-state index is 0. The molecule has 0 radical (unpaired) electrons. The van der Waals surface area contributed by atoms with Crippen LogP contribution >= 0.6 is 39.5 Å². The fourth-order valence-electron chi connectivity index (χ4n) is 3.02. The highest BCUT2D eigenvalue weighted by molar-refractivity contribution is 9.09. The highest BCUT2D eigenvalue weighted by Crippen LogP contribution is 2.12. The molecule has 0 aliphatic carbocycles. The molecule has 0 spiro atoms. The van der Waals surface area contributed by atoms with Gasteiger partial charge in [0.15, 0.2) is 11.5 Å². The number of carboxylic acid groups (broad SMARTS) is 2. The average molecular weight is 734 g/mol. The Bertz CT molecular complexity index is 1390. The molecule has 0 amide bonds. The van der Waals surface area contributed by atoms with E-state index in [4.69, 9.17) is 28.8 Å². The van der Waals surface area contributed by atoms with Crippen molar-refractivity contribution >= 4 is 51.4 Å². The molecule has 2 atom stereocenters. The van der Waals surface area contributed by atoms with Gasteiger partial charge in [-0.3, -0.25) is 24.5 Å². The Balaban J connectivity index is -0.000000678. The van der Waals surface area contributed by atoms with Crippen molar-refractivity contribution < 1.29 is 30.0 Å². The maximum Gasteiger partial charge on any atom is 0.321 e. The lowest BCUT2D eigenvalue weighted by Gasteiger charge is -2.14. The van der Waals surface area contributed by atoms with Crippen molar-refractivity contribution in [1.82, 2.24) is 14.5 Å². The van der Waals surface area contributed by atoms with E-state index >= 15 is 0 Å². The third-order valence-electron chi connectivity index (χ3n) is 5.50. The number of aliphatic carboxylic acids is 2. The number of nitrogens with two attached hydrogens (primary N) is 1. The molecule has 0 aliphatic rings. The van der Waals surface area contributed by atoms with Crippen LogP contribution in [0.2, 0.25) is 0 Å². The third kappa shape index (κ3) is 18.3. The van der Waals surface area contributed by atoms with Gasteiger partial charge in [-0.15, -0.1) is 12.8 Å². The number of aryl methyl sites for hydroxylation is 2. The Hall–Kier alpha value is -3.34. The molecule has 7 N–H and O–H groups in total. The number of thioether (sulfide) groups is 2. The van der Waals surface area contributed by atoms with Crippen LogP contribution < -0.4 is 21.9 Å². The van der Waals surface area contributed by atoms with Crippen molar-refractivity contribution in [2.45, 2.75) is 53.9 Å². The van der Waals surface area contributed by atoms with E-state index in [0.29, 0.717) is 52.8 Å². The van der Waals surface area contributed by atoms with Crippen LogP contribution in [0, 0.1) is 38.5 Å². The van der Waals surface area contributed by atoms with Crippen molar-refractivity contribution in [2.75, 3.05) is 34.9 Å². The van der Waals surface area contributed by atoms with Gasteiger partial charge in [-0.1, -0.05) is 42.6 Å². The Morgan fingerprint density at radius 2 is 1.33 bits per heavy atom. The van der Waals surface area contributed by atoms with Gasteiger partial charge < -0.3 is 35.3 Å². The summed E-state index contributed by atoms with van der Waals surface area (Å²) in [6.45, 7) is 4.69. The molecule has 0 saturated heterocycles. The van der Waals surface area contributed by atoms with Gasteiger partial charge in [0.25, 0.3) is 0 Å². The second-order valence-electron chi connectivity index (χ2n) is 8.52. The van der Waals surface area contributed by atoms with E-state index in [9.17, 15) is 29.4 Å². The van der Waals surface area contributed by atoms with Crippen LogP contribution in [0.3, 0.4) is 0 Å². The largest absolute Gasteiger partial charge is 0.503 e. The Labute approximate surface area is 281 Å². The van der Waals surface area contributed by atoms with Gasteiger partial charge in [0, 0.05) is 60.6 Å². The molecule has 0 bridgehead atoms. The summed E-state index contributed by atoms with van der Waals surface area (Å²) >= 11 is 5.89. The van der Waals surface area contributed by atoms with Crippen molar-refractivity contribution in [3.05, 3.63) is 56.4 Å². The number of terminal acetylenes is 2. The minimum Gasteiger partial charge on any atom is -0.503 e. The van der Waals surface area contributed by atoms with Gasteiger partial charge in [0.2, 0.25) is 10.9 Å². The predicted molar refractivity (Wildman–Crippen MR) is 189 cm³/mol. The highest BCUT2D eigenvalue weighted by Gasteiger charge is 2.16. The SMILES string of the molecule is C.C.C#CCBr.C#CCN[C@H](CSCCn1ccc(=O)c(O)c1C)C(=O)O.Cc1c(O)c(=O)ccn1CCSC[C@@H](N)C(=O)O. The number of halogens is 1. The second kappa shape index (κ2) is 25.9. The first kappa shape index (κ1) is 46.1. The molecule has 12 nitrogen and oxygen atoms in total. The van der Waals surface area contributed by atoms with Gasteiger partial charge in [0.05, 0.1) is 23.3 Å². The van der Waals surface area contributed by atoms with Crippen LogP contribution in [-0.4, -0.2) is 88.5 Å². The van der Waals surface area contributed by atoms with Crippen molar-refractivity contribution in [2.24, 2.45) is 5.73 Å². The lowest BCUT2D eigenvalue weighted by molar-refractivity contribution is -0.139. The van der Waals surface area contributed by atoms with Gasteiger partial charge in [-0.05, 0) is 13.8 Å². The zero-order chi connectivity index (χ0) is 32.9. The Morgan fingerprint density at radius 3 is 1.69 bits per heavy atom. The molecule has 0 unspecified atom stereocenters. The normalized spacial score (nSPS) is 10.9. The predicted octanol–water partition coefficient (Wildman–Crippen LogP) is 2.57. The van der Waals surface area contributed by atoms with Crippen LogP contribution in [0.4, 0.5) is 0 Å². The van der Waals surface area contributed by atoms with Crippen molar-refractivity contribution in [3.8, 4) is 36.2 Å². The molecule has 252 valence electrons. The van der Waals surface area contributed by atoms with Crippen LogP contribution in [0.5, 0.6) is 11.5 Å². The molecule has 0 aromatic carbocycles. The lowest BCUT2D eigenvalue weighted by Crippen LogP contribution is -2.39. The number of pyridine rings is 2. The standard InChI is InChI=1S/C14H18N2O4S.C11H16N2O4S.C3H3Br.2CH4/c1-3-5-15-11(14(19)20)9-21-8-7-16-6-4-12(17)13(18)10(16)2;1-7-10(15)9(14)2-3-13(7)4-5-18-6-8(12)11(16)17;1-2-3-4;;/h1,4,6,11,15,18H,5,7-9H2,2H3,(H,19,20);2-3,8,15H,4-6,12H2,1H3,(H,16,17);1H,3H2;2*1H4/t11-;8-;;;/m11.../s1. The smallest absolute Gasteiger partial charge is 0.321 e. The summed E-state index contributed by atoms with van der Waals surface area (Å²) in [6.07, 6.45) is 13.0. The first-order valence-electron chi connectivity index (χ1n) is 12.6. The molecule has 15 heteroatoms. The van der Waals surface area contributed by atoms with Gasteiger partial charge in [-0.25, -0.2) is 0 Å². The van der Waals surface area contributed by atoms with E-state index in [2.05, 4.69) is 33.1 Å². The number of nitrogens with zero attached hydrogens (tertiary/aromatic N) is 2. The minimum atomic E-state index is -1.01. The van der Waals surface area contributed by atoms with E-state index in [0.717, 1.165) is 0 Å². The molecular formula is C30H45BrN4O8S2. The molecule has 2 heterocycles. The van der Waals surface area contributed by atoms with Crippen LogP contribution in [0.15, 0.2) is 34.1 Å². The summed E-state index contributed by atoms with van der Waals surface area (Å²) in [4.78, 5) is 43.8. The quantitative estimate of drug-likeness (QED) is 0.0945. The monoisotopic (exact) mass is 732 g/mol. The van der Waals surface area contributed by atoms with Gasteiger partial charge in [-0.2, -0.15) is 23.5 Å². The summed E-state index contributed by atoms with van der Waals surface area (Å²) in [5.41, 5.74) is 5.57. The Kier molecular flexibility index (Phi) is 26.6. The molecule has 2 rings (SSSR count). The molecule has 2 aromatic rings. The van der Waals surface area contributed by atoms with Gasteiger partial charge >= 0.3 is 11.9 Å². The zero-order valence-corrected chi connectivity index (χ0v) is 27.1. The topological polar surface area (TPSA) is 197 Å².